The maximum Gasteiger partial charge on any atom is 0.249 e. The van der Waals surface area contributed by atoms with E-state index in [1.807, 2.05) is 0 Å². The van der Waals surface area contributed by atoms with Crippen molar-refractivity contribution in [3.05, 3.63) is 24.3 Å². The van der Waals surface area contributed by atoms with Gasteiger partial charge in [0.2, 0.25) is 5.91 Å². The number of rotatable bonds is 59. The molecule has 4 N–H and O–H groups in total. The highest BCUT2D eigenvalue weighted by Gasteiger charge is 2.23. The monoisotopic (exact) mass is 972 g/mol. The third kappa shape index (κ3) is 54.4. The highest BCUT2D eigenvalue weighted by atomic mass is 16.3. The van der Waals surface area contributed by atoms with Crippen LogP contribution in [0, 0.1) is 0 Å². The second-order valence-corrected chi connectivity index (χ2v) is 22.0. The van der Waals surface area contributed by atoms with Crippen molar-refractivity contribution in [2.75, 3.05) is 6.61 Å². The van der Waals surface area contributed by atoms with Crippen molar-refractivity contribution in [2.45, 2.75) is 372 Å². The van der Waals surface area contributed by atoms with Gasteiger partial charge in [0.1, 0.15) is 6.10 Å². The zero-order valence-electron chi connectivity index (χ0n) is 47.0. The Hall–Kier alpha value is -1.17. The lowest BCUT2D eigenvalue weighted by molar-refractivity contribution is -0.131. The van der Waals surface area contributed by atoms with Gasteiger partial charge >= 0.3 is 0 Å². The fourth-order valence-electron chi connectivity index (χ4n) is 10.2. The average molecular weight is 973 g/mol. The first-order valence-electron chi connectivity index (χ1n) is 31.6. The molecule has 69 heavy (non-hydrogen) atoms. The van der Waals surface area contributed by atoms with Gasteiger partial charge < -0.3 is 20.6 Å². The normalized spacial score (nSPS) is 13.3. The summed E-state index contributed by atoms with van der Waals surface area (Å²) in [6.45, 7) is 4.28. The van der Waals surface area contributed by atoms with E-state index in [1.54, 1.807) is 0 Å². The van der Waals surface area contributed by atoms with Gasteiger partial charge in [-0.25, -0.2) is 0 Å². The number of carbonyl (C=O) groups is 1. The van der Waals surface area contributed by atoms with Crippen molar-refractivity contribution < 1.29 is 20.1 Å². The number of aliphatic hydroxyl groups excluding tert-OH is 3. The quantitative estimate of drug-likeness (QED) is 0.0361. The van der Waals surface area contributed by atoms with Crippen LogP contribution in [0.3, 0.4) is 0 Å². The van der Waals surface area contributed by atoms with Gasteiger partial charge in [0.15, 0.2) is 0 Å². The van der Waals surface area contributed by atoms with E-state index in [-0.39, 0.29) is 6.61 Å². The van der Waals surface area contributed by atoms with Crippen LogP contribution >= 0.6 is 0 Å². The van der Waals surface area contributed by atoms with Crippen molar-refractivity contribution in [3.63, 3.8) is 0 Å². The van der Waals surface area contributed by atoms with Crippen LogP contribution in [0.1, 0.15) is 354 Å². The van der Waals surface area contributed by atoms with E-state index >= 15 is 0 Å². The molecule has 0 aliphatic heterocycles. The molecular weight excluding hydrogens is 847 g/mol. The van der Waals surface area contributed by atoms with Gasteiger partial charge in [0.05, 0.1) is 18.8 Å². The molecule has 0 heterocycles. The number of nitrogens with one attached hydrogen (secondary N) is 1. The predicted molar refractivity (Wildman–Crippen MR) is 305 cm³/mol. The Kier molecular flexibility index (Phi) is 58.4. The summed E-state index contributed by atoms with van der Waals surface area (Å²) in [5.41, 5.74) is 0. The van der Waals surface area contributed by atoms with E-state index in [2.05, 4.69) is 43.5 Å². The highest BCUT2D eigenvalue weighted by Crippen LogP contribution is 2.19. The summed E-state index contributed by atoms with van der Waals surface area (Å²) in [6.07, 6.45) is 76.9. The molecule has 3 atom stereocenters. The largest absolute Gasteiger partial charge is 0.394 e. The number of allylic oxidation sites excluding steroid dienone is 4. The summed E-state index contributed by atoms with van der Waals surface area (Å²) in [5, 5.41) is 33.6. The predicted octanol–water partition coefficient (Wildman–Crippen LogP) is 20.0. The molecule has 0 aliphatic carbocycles. The van der Waals surface area contributed by atoms with Crippen LogP contribution in [0.15, 0.2) is 24.3 Å². The first-order valence-corrected chi connectivity index (χ1v) is 31.6. The Morgan fingerprint density at radius 3 is 0.870 bits per heavy atom. The summed E-state index contributed by atoms with van der Waals surface area (Å²) in [5.74, 6) is -0.464. The van der Waals surface area contributed by atoms with Crippen molar-refractivity contribution in [2.24, 2.45) is 0 Å². The zero-order chi connectivity index (χ0) is 50.0. The van der Waals surface area contributed by atoms with Crippen LogP contribution < -0.4 is 5.32 Å². The molecule has 410 valence electrons. The van der Waals surface area contributed by atoms with E-state index in [9.17, 15) is 20.1 Å². The van der Waals surface area contributed by atoms with Gasteiger partial charge in [-0.15, -0.1) is 0 Å². The molecule has 0 radical (unpaired) electrons. The molecule has 0 rings (SSSR count). The van der Waals surface area contributed by atoms with E-state index in [0.717, 1.165) is 38.5 Å². The first-order chi connectivity index (χ1) is 34.1. The molecule has 1 amide bonds. The maximum atomic E-state index is 12.6. The van der Waals surface area contributed by atoms with Gasteiger partial charge in [-0.3, -0.25) is 4.79 Å². The summed E-state index contributed by atoms with van der Waals surface area (Å²) in [4.78, 5) is 12.6. The molecule has 0 spiro atoms. The highest BCUT2D eigenvalue weighted by molar-refractivity contribution is 5.80. The number of aliphatic hydroxyl groups is 3. The minimum absolute atomic E-state index is 0.310. The number of amides is 1. The van der Waals surface area contributed by atoms with Crippen LogP contribution in [-0.2, 0) is 4.79 Å². The molecule has 0 bridgehead atoms. The summed E-state index contributed by atoms with van der Waals surface area (Å²) in [6, 6.07) is -0.711. The maximum absolute atomic E-state index is 12.6. The fourth-order valence-corrected chi connectivity index (χ4v) is 10.2. The molecule has 5 nitrogen and oxygen atoms in total. The van der Waals surface area contributed by atoms with Crippen molar-refractivity contribution in [3.8, 4) is 0 Å². The number of hydrogen-bond donors (Lipinski definition) is 4. The van der Waals surface area contributed by atoms with E-state index < -0.39 is 24.2 Å². The molecule has 0 aromatic carbocycles. The Morgan fingerprint density at radius 1 is 0.348 bits per heavy atom. The Balaban J connectivity index is 3.47. The topological polar surface area (TPSA) is 89.8 Å². The molecule has 0 saturated heterocycles. The van der Waals surface area contributed by atoms with Gasteiger partial charge in [0.25, 0.3) is 0 Å². The van der Waals surface area contributed by atoms with Gasteiger partial charge in [0, 0.05) is 0 Å². The minimum atomic E-state index is -1.07. The number of carbonyl (C=O) groups excluding carboxylic acids is 1. The molecule has 0 saturated carbocycles. The standard InChI is InChI=1S/C64H125NO4/c1-3-5-7-9-11-13-15-17-19-21-23-24-25-26-27-28-29-30-31-32-33-34-35-36-37-38-39-41-43-45-47-49-51-53-55-57-59-63(68)64(69)65-61(60-66)62(67)58-56-54-52-50-48-46-44-42-40-22-20-18-16-14-12-10-8-6-4-2/h27-28,30-31,61-63,66-68H,3-26,29,32-60H2,1-2H3,(H,65,69)/b28-27-,31-30-. The minimum Gasteiger partial charge on any atom is -0.394 e. The lowest BCUT2D eigenvalue weighted by Crippen LogP contribution is -2.49. The fraction of sp³-hybridized carbons (Fsp3) is 0.922. The van der Waals surface area contributed by atoms with Crippen LogP contribution in [0.2, 0.25) is 0 Å². The third-order valence-electron chi connectivity index (χ3n) is 15.1. The molecular formula is C64H125NO4. The van der Waals surface area contributed by atoms with Gasteiger partial charge in [-0.2, -0.15) is 0 Å². The Morgan fingerprint density at radius 2 is 0.594 bits per heavy atom. The smallest absolute Gasteiger partial charge is 0.249 e. The lowest BCUT2D eigenvalue weighted by atomic mass is 10.0. The average Bonchev–Trinajstić information content (AvgIpc) is 3.35. The van der Waals surface area contributed by atoms with Crippen molar-refractivity contribution in [1.82, 2.24) is 5.32 Å². The third-order valence-corrected chi connectivity index (χ3v) is 15.1. The number of hydrogen-bond acceptors (Lipinski definition) is 4. The van der Waals surface area contributed by atoms with Crippen LogP contribution in [0.25, 0.3) is 0 Å². The molecule has 0 aromatic heterocycles. The second-order valence-electron chi connectivity index (χ2n) is 22.0. The molecule has 0 aliphatic rings. The Bertz CT molecular complexity index is 1030. The van der Waals surface area contributed by atoms with Crippen LogP contribution in [0.5, 0.6) is 0 Å². The molecule has 3 unspecified atom stereocenters. The van der Waals surface area contributed by atoms with E-state index in [0.29, 0.717) is 12.8 Å². The van der Waals surface area contributed by atoms with E-state index in [4.69, 9.17) is 0 Å². The molecule has 0 fully saturated rings. The zero-order valence-corrected chi connectivity index (χ0v) is 47.0. The summed E-state index contributed by atoms with van der Waals surface area (Å²) in [7, 11) is 0. The lowest BCUT2D eigenvalue weighted by Gasteiger charge is -2.23. The van der Waals surface area contributed by atoms with Crippen LogP contribution in [-0.4, -0.2) is 46.1 Å². The first kappa shape index (κ1) is 67.8. The summed E-state index contributed by atoms with van der Waals surface area (Å²) >= 11 is 0. The van der Waals surface area contributed by atoms with E-state index in [1.165, 1.54) is 289 Å². The summed E-state index contributed by atoms with van der Waals surface area (Å²) < 4.78 is 0. The van der Waals surface area contributed by atoms with Crippen molar-refractivity contribution in [1.29, 1.82) is 0 Å². The van der Waals surface area contributed by atoms with Crippen molar-refractivity contribution >= 4 is 5.91 Å². The Labute approximate surface area is 432 Å². The molecule has 0 aromatic rings. The molecule has 5 heteroatoms. The second kappa shape index (κ2) is 59.4. The SMILES string of the molecule is CCCCCCCCCCCCCCC/C=C\C/C=C\CCCCCCCCCCCCCCCCCCC(O)C(=O)NC(CO)C(O)CCCCCCCCCCCCCCCCCCCCC. The van der Waals surface area contributed by atoms with Gasteiger partial charge in [-0.05, 0) is 44.9 Å². The van der Waals surface area contributed by atoms with Crippen LogP contribution in [0.4, 0.5) is 0 Å². The number of unbranched alkanes of at least 4 members (excludes halogenated alkanes) is 47. The van der Waals surface area contributed by atoms with Gasteiger partial charge in [-0.1, -0.05) is 334 Å².